The maximum Gasteiger partial charge on any atom is 0.273 e. The normalized spacial score (nSPS) is 6.00. The van der Waals surface area contributed by atoms with Crippen molar-refractivity contribution in [2.45, 2.75) is 13.8 Å². The average Bonchev–Trinajstić information content (AvgIpc) is 1.38. The van der Waals surface area contributed by atoms with Gasteiger partial charge in [0.1, 0.15) is 0 Å². The molecule has 0 unspecified atom stereocenters. The SMILES string of the molecule is C=[N+]=C(C)C. The van der Waals surface area contributed by atoms with E-state index < -0.39 is 0 Å². The predicted molar refractivity (Wildman–Crippen MR) is 25.6 cm³/mol. The molecule has 0 aliphatic carbocycles. The minimum absolute atomic E-state index is 1.02. The van der Waals surface area contributed by atoms with Crippen molar-refractivity contribution >= 4 is 12.4 Å². The zero-order valence-corrected chi connectivity index (χ0v) is 3.65. The van der Waals surface area contributed by atoms with E-state index in [1.54, 1.807) is 0 Å². The molecule has 0 saturated carbocycles. The molecule has 0 aromatic heterocycles. The molecule has 0 fully saturated rings. The van der Waals surface area contributed by atoms with E-state index >= 15 is 0 Å². The highest BCUT2D eigenvalue weighted by molar-refractivity contribution is 5.78. The largest absolute Gasteiger partial charge is 0.273 e. The molecular weight excluding hydrogens is 62.1 g/mol. The Kier molecular flexibility index (Phi) is 1.55. The van der Waals surface area contributed by atoms with Gasteiger partial charge in [0.2, 0.25) is 0 Å². The summed E-state index contributed by atoms with van der Waals surface area (Å²) in [5.41, 5.74) is 1.02. The molecule has 0 N–H and O–H groups in total. The third-order valence-corrected chi connectivity index (χ3v) is 0.316. The fourth-order valence-corrected chi connectivity index (χ4v) is 0. The van der Waals surface area contributed by atoms with Gasteiger partial charge in [-0.3, -0.25) is 0 Å². The molecule has 28 valence electrons. The van der Waals surface area contributed by atoms with Crippen LogP contribution >= 0.6 is 0 Å². The van der Waals surface area contributed by atoms with E-state index in [1.807, 2.05) is 13.8 Å². The van der Waals surface area contributed by atoms with E-state index in [-0.39, 0.29) is 0 Å². The standard InChI is InChI=1S/C4H8N/c1-4(2)5-3/h3H2,1-2H3/q+1. The molecule has 0 rings (SSSR count). The van der Waals surface area contributed by atoms with Crippen LogP contribution in [0.2, 0.25) is 0 Å². The Hall–Kier alpha value is -0.550. The van der Waals surface area contributed by atoms with Gasteiger partial charge in [0.15, 0.2) is 0 Å². The smallest absolute Gasteiger partial charge is 0.111 e. The lowest BCUT2D eigenvalue weighted by Crippen LogP contribution is -1.80. The quantitative estimate of drug-likeness (QED) is 0.286. The van der Waals surface area contributed by atoms with Gasteiger partial charge in [0, 0.05) is 13.8 Å². The molecule has 0 heterocycles. The molecule has 0 atom stereocenters. The summed E-state index contributed by atoms with van der Waals surface area (Å²) in [6.45, 7) is 7.09. The number of hydrogen-bond acceptors (Lipinski definition) is 0. The fraction of sp³-hybridized carbons (Fsp3) is 0.500. The van der Waals surface area contributed by atoms with Crippen LogP contribution in [0.25, 0.3) is 0 Å². The third kappa shape index (κ3) is 3.45. The summed E-state index contributed by atoms with van der Waals surface area (Å²) in [7, 11) is 0. The van der Waals surface area contributed by atoms with Crippen LogP contribution in [0.15, 0.2) is 0 Å². The Balaban J connectivity index is 3.60. The first kappa shape index (κ1) is 4.45. The lowest BCUT2D eigenvalue weighted by Gasteiger charge is -1.49. The van der Waals surface area contributed by atoms with E-state index in [4.69, 9.17) is 0 Å². The number of rotatable bonds is 0. The summed E-state index contributed by atoms with van der Waals surface area (Å²) in [5, 5.41) is 0. The predicted octanol–water partition coefficient (Wildman–Crippen LogP) is 0.235. The summed E-state index contributed by atoms with van der Waals surface area (Å²) >= 11 is 0. The molecule has 1 heteroatoms. The maximum atomic E-state index is 3.56. The van der Waals surface area contributed by atoms with Gasteiger partial charge in [-0.15, -0.1) is 4.67 Å². The molecule has 0 amide bonds. The van der Waals surface area contributed by atoms with Gasteiger partial charge in [0.25, 0.3) is 12.4 Å². The van der Waals surface area contributed by atoms with Crippen molar-refractivity contribution in [3.63, 3.8) is 0 Å². The molecule has 0 radical (unpaired) electrons. The van der Waals surface area contributed by atoms with Gasteiger partial charge >= 0.3 is 0 Å². The van der Waals surface area contributed by atoms with E-state index in [2.05, 4.69) is 11.4 Å². The van der Waals surface area contributed by atoms with Gasteiger partial charge in [-0.1, -0.05) is 0 Å². The van der Waals surface area contributed by atoms with E-state index in [9.17, 15) is 0 Å². The topological polar surface area (TPSA) is 14.1 Å². The van der Waals surface area contributed by atoms with E-state index in [0.717, 1.165) is 5.71 Å². The molecular formula is C4H8N+. The molecule has 0 aliphatic heterocycles. The second-order valence-corrected chi connectivity index (χ2v) is 1.11. The Morgan fingerprint density at radius 1 is 1.60 bits per heavy atom. The van der Waals surface area contributed by atoms with Crippen molar-refractivity contribution in [3.8, 4) is 0 Å². The van der Waals surface area contributed by atoms with Crippen LogP contribution in [-0.2, 0) is 0 Å². The van der Waals surface area contributed by atoms with Gasteiger partial charge in [-0.2, -0.15) is 0 Å². The van der Waals surface area contributed by atoms with Crippen molar-refractivity contribution in [2.75, 3.05) is 0 Å². The Morgan fingerprint density at radius 2 is 1.80 bits per heavy atom. The zero-order valence-electron chi connectivity index (χ0n) is 3.65. The second-order valence-electron chi connectivity index (χ2n) is 1.11. The van der Waals surface area contributed by atoms with Crippen LogP contribution in [0.5, 0.6) is 0 Å². The second kappa shape index (κ2) is 1.74. The molecule has 0 aromatic rings. The molecule has 1 nitrogen and oxygen atoms in total. The van der Waals surface area contributed by atoms with Crippen LogP contribution < -0.4 is 4.67 Å². The van der Waals surface area contributed by atoms with Crippen LogP contribution in [-0.4, -0.2) is 12.4 Å². The molecule has 0 spiro atoms. The van der Waals surface area contributed by atoms with Crippen LogP contribution in [0.3, 0.4) is 0 Å². The Labute approximate surface area is 32.1 Å². The van der Waals surface area contributed by atoms with Crippen molar-refractivity contribution < 1.29 is 0 Å². The minimum Gasteiger partial charge on any atom is -0.111 e. The number of hydrogen-bond donors (Lipinski definition) is 0. The molecule has 0 saturated heterocycles. The minimum atomic E-state index is 1.02. The molecule has 5 heavy (non-hydrogen) atoms. The maximum absolute atomic E-state index is 3.56. The van der Waals surface area contributed by atoms with E-state index in [0.29, 0.717) is 0 Å². The van der Waals surface area contributed by atoms with E-state index in [1.165, 1.54) is 0 Å². The highest BCUT2D eigenvalue weighted by Gasteiger charge is 1.76. The lowest BCUT2D eigenvalue weighted by atomic mass is 10.5. The summed E-state index contributed by atoms with van der Waals surface area (Å²) in [4.78, 5) is 0. The Morgan fingerprint density at radius 3 is 1.80 bits per heavy atom. The monoisotopic (exact) mass is 70.1 g/mol. The fourth-order valence-electron chi connectivity index (χ4n) is 0. The van der Waals surface area contributed by atoms with Crippen molar-refractivity contribution in [1.82, 2.24) is 4.67 Å². The van der Waals surface area contributed by atoms with Crippen molar-refractivity contribution in [1.29, 1.82) is 0 Å². The zero-order chi connectivity index (χ0) is 4.28. The van der Waals surface area contributed by atoms with Gasteiger partial charge in [-0.05, 0) is 0 Å². The van der Waals surface area contributed by atoms with Crippen molar-refractivity contribution in [3.05, 3.63) is 0 Å². The van der Waals surface area contributed by atoms with Crippen molar-refractivity contribution in [2.24, 2.45) is 0 Å². The summed E-state index contributed by atoms with van der Waals surface area (Å²) in [6, 6.07) is 0. The summed E-state index contributed by atoms with van der Waals surface area (Å²) in [5.74, 6) is 0. The third-order valence-electron chi connectivity index (χ3n) is 0.316. The molecule has 0 bridgehead atoms. The van der Waals surface area contributed by atoms with Gasteiger partial charge in [-0.25, -0.2) is 0 Å². The van der Waals surface area contributed by atoms with Crippen LogP contribution in [0.1, 0.15) is 13.8 Å². The Bertz CT molecular complexity index is 63.7. The highest BCUT2D eigenvalue weighted by atomic mass is 14.5. The summed E-state index contributed by atoms with van der Waals surface area (Å²) in [6.07, 6.45) is 0. The van der Waals surface area contributed by atoms with Gasteiger partial charge < -0.3 is 0 Å². The molecule has 0 aliphatic rings. The number of nitrogens with zero attached hydrogens (tertiary/aromatic N) is 1. The summed E-state index contributed by atoms with van der Waals surface area (Å²) < 4.78 is 3.56. The first-order valence-corrected chi connectivity index (χ1v) is 1.54. The van der Waals surface area contributed by atoms with Crippen LogP contribution in [0.4, 0.5) is 0 Å². The average molecular weight is 70.1 g/mol. The van der Waals surface area contributed by atoms with Crippen LogP contribution in [0, 0.1) is 0 Å². The lowest BCUT2D eigenvalue weighted by molar-refractivity contribution is 1.59. The molecule has 0 aromatic carbocycles. The highest BCUT2D eigenvalue weighted by Crippen LogP contribution is 1.50. The first-order valence-electron chi connectivity index (χ1n) is 1.54. The first-order chi connectivity index (χ1) is 2.27. The van der Waals surface area contributed by atoms with Gasteiger partial charge in [0.05, 0.1) is 0 Å².